The van der Waals surface area contributed by atoms with Crippen LogP contribution in [-0.2, 0) is 14.3 Å². The van der Waals surface area contributed by atoms with Gasteiger partial charge in [-0.1, -0.05) is 25.5 Å². The summed E-state index contributed by atoms with van der Waals surface area (Å²) in [4.78, 5) is 23.8. The van der Waals surface area contributed by atoms with Gasteiger partial charge in [-0.2, -0.15) is 0 Å². The van der Waals surface area contributed by atoms with E-state index in [1.54, 1.807) is 0 Å². The van der Waals surface area contributed by atoms with Gasteiger partial charge in [-0.15, -0.1) is 0 Å². The van der Waals surface area contributed by atoms with Crippen molar-refractivity contribution in [2.45, 2.75) is 77.9 Å². The summed E-state index contributed by atoms with van der Waals surface area (Å²) in [6.07, 6.45) is 8.17. The summed E-state index contributed by atoms with van der Waals surface area (Å²) < 4.78 is 5.50. The first-order valence-corrected chi connectivity index (χ1v) is 10.9. The highest BCUT2D eigenvalue weighted by Crippen LogP contribution is 2.66. The molecule has 0 bridgehead atoms. The molecule has 0 heterocycles. The molecular weight excluding hydrogens is 356 g/mol. The van der Waals surface area contributed by atoms with Crippen molar-refractivity contribution < 1.29 is 24.5 Å². The molecule has 0 radical (unpaired) electrons. The maximum absolute atomic E-state index is 12.4. The first-order chi connectivity index (χ1) is 13.2. The molecule has 3 saturated carbocycles. The predicted octanol–water partition coefficient (Wildman–Crippen LogP) is 3.03. The summed E-state index contributed by atoms with van der Waals surface area (Å²) in [6.45, 7) is 5.56. The normalized spacial score (nSPS) is 47.4. The number of Topliss-reactive ketones (excluding diaryl/α,β-unsaturated/α-hetero) is 1. The molecule has 4 aliphatic rings. The smallest absolute Gasteiger partial charge is 0.302 e. The molecule has 0 spiro atoms. The van der Waals surface area contributed by atoms with Gasteiger partial charge in [0.1, 0.15) is 12.7 Å². The molecule has 0 aromatic heterocycles. The number of carbonyl (C=O) groups excluding carboxylic acids is 2. The van der Waals surface area contributed by atoms with Crippen molar-refractivity contribution in [2.24, 2.45) is 34.5 Å². The van der Waals surface area contributed by atoms with E-state index in [1.165, 1.54) is 12.5 Å². The van der Waals surface area contributed by atoms with Gasteiger partial charge in [0.05, 0.1) is 12.0 Å². The molecule has 0 aromatic carbocycles. The van der Waals surface area contributed by atoms with Crippen molar-refractivity contribution in [3.8, 4) is 0 Å². The van der Waals surface area contributed by atoms with Gasteiger partial charge in [0.25, 0.3) is 0 Å². The van der Waals surface area contributed by atoms with Crippen molar-refractivity contribution in [3.05, 3.63) is 11.6 Å². The maximum Gasteiger partial charge on any atom is 0.302 e. The molecule has 0 aliphatic heterocycles. The lowest BCUT2D eigenvalue weighted by molar-refractivity contribution is -0.149. The van der Waals surface area contributed by atoms with Crippen LogP contribution in [0.4, 0.5) is 0 Å². The van der Waals surface area contributed by atoms with Crippen LogP contribution in [0.2, 0.25) is 0 Å². The van der Waals surface area contributed by atoms with Gasteiger partial charge in [0.2, 0.25) is 0 Å². The summed E-state index contributed by atoms with van der Waals surface area (Å²) in [5.41, 5.74) is 1.36. The number of allylic oxidation sites excluding steroid dienone is 1. The van der Waals surface area contributed by atoms with Crippen LogP contribution < -0.4 is 0 Å². The third-order valence-electron chi connectivity index (χ3n) is 8.92. The molecule has 0 aromatic rings. The minimum Gasteiger partial charge on any atom is -0.462 e. The number of aliphatic hydroxyl groups is 2. The van der Waals surface area contributed by atoms with Crippen molar-refractivity contribution >= 4 is 11.8 Å². The SMILES string of the molecule is CC(=O)O[C@H]1CC[C@@]2(C)C(=CC[C@H]3[C@@H]4C[C@@H](O)[C@H](C(=O)CO)[C@@]4(C)CC[C@@H]32)C1. The number of carbonyl (C=O) groups is 2. The number of esters is 1. The number of fused-ring (bicyclic) bond motifs is 5. The largest absolute Gasteiger partial charge is 0.462 e. The van der Waals surface area contributed by atoms with Crippen LogP contribution in [0.25, 0.3) is 0 Å². The lowest BCUT2D eigenvalue weighted by atomic mass is 9.47. The van der Waals surface area contributed by atoms with E-state index in [1.807, 2.05) is 0 Å². The topological polar surface area (TPSA) is 83.8 Å². The van der Waals surface area contributed by atoms with Gasteiger partial charge in [0.15, 0.2) is 5.78 Å². The highest BCUT2D eigenvalue weighted by atomic mass is 16.5. The molecule has 0 amide bonds. The van der Waals surface area contributed by atoms with E-state index in [0.29, 0.717) is 24.2 Å². The molecule has 0 unspecified atom stereocenters. The molecular formula is C23H34O5. The zero-order chi connectivity index (χ0) is 20.3. The Bertz CT molecular complexity index is 699. The molecule has 3 fully saturated rings. The molecule has 0 saturated heterocycles. The van der Waals surface area contributed by atoms with E-state index < -0.39 is 18.6 Å². The summed E-state index contributed by atoms with van der Waals surface area (Å²) in [6, 6.07) is 0. The van der Waals surface area contributed by atoms with Crippen LogP contribution in [0.15, 0.2) is 11.6 Å². The number of aliphatic hydroxyl groups excluding tert-OH is 2. The molecule has 4 aliphatic carbocycles. The first kappa shape index (κ1) is 20.1. The van der Waals surface area contributed by atoms with Crippen molar-refractivity contribution in [1.29, 1.82) is 0 Å². The second-order valence-corrected chi connectivity index (χ2v) is 10.2. The van der Waals surface area contributed by atoms with Gasteiger partial charge in [-0.25, -0.2) is 0 Å². The zero-order valence-corrected chi connectivity index (χ0v) is 17.3. The molecule has 8 atom stereocenters. The fourth-order valence-electron chi connectivity index (χ4n) is 7.66. The van der Waals surface area contributed by atoms with E-state index in [0.717, 1.165) is 38.5 Å². The molecule has 2 N–H and O–H groups in total. The number of ether oxygens (including phenoxy) is 1. The van der Waals surface area contributed by atoms with Gasteiger partial charge < -0.3 is 14.9 Å². The number of rotatable bonds is 3. The van der Waals surface area contributed by atoms with Crippen LogP contribution in [-0.4, -0.2) is 40.8 Å². The molecule has 4 rings (SSSR count). The van der Waals surface area contributed by atoms with E-state index in [9.17, 15) is 19.8 Å². The number of hydrogen-bond acceptors (Lipinski definition) is 5. The van der Waals surface area contributed by atoms with Gasteiger partial charge in [-0.05, 0) is 67.1 Å². The second kappa shape index (κ2) is 6.94. The second-order valence-electron chi connectivity index (χ2n) is 10.2. The Labute approximate surface area is 167 Å². The van der Waals surface area contributed by atoms with Crippen LogP contribution in [0.3, 0.4) is 0 Å². The van der Waals surface area contributed by atoms with Crippen LogP contribution in [0, 0.1) is 34.5 Å². The Kier molecular flexibility index (Phi) is 4.98. The minimum absolute atomic E-state index is 0.00194. The maximum atomic E-state index is 12.4. The van der Waals surface area contributed by atoms with Crippen molar-refractivity contribution in [1.82, 2.24) is 0 Å². The fraction of sp³-hybridized carbons (Fsp3) is 0.826. The average Bonchev–Trinajstić information content (AvgIpc) is 2.91. The lowest BCUT2D eigenvalue weighted by Gasteiger charge is -2.57. The first-order valence-electron chi connectivity index (χ1n) is 10.9. The molecule has 156 valence electrons. The Morgan fingerprint density at radius 3 is 2.64 bits per heavy atom. The monoisotopic (exact) mass is 390 g/mol. The molecule has 5 heteroatoms. The summed E-state index contributed by atoms with van der Waals surface area (Å²) >= 11 is 0. The van der Waals surface area contributed by atoms with Crippen molar-refractivity contribution in [2.75, 3.05) is 6.61 Å². The summed E-state index contributed by atoms with van der Waals surface area (Å²) in [5.74, 6) is 0.527. The Balaban J connectivity index is 1.60. The molecule has 28 heavy (non-hydrogen) atoms. The fourth-order valence-corrected chi connectivity index (χ4v) is 7.66. The average molecular weight is 391 g/mol. The van der Waals surface area contributed by atoms with Gasteiger partial charge in [-0.3, -0.25) is 9.59 Å². The van der Waals surface area contributed by atoms with Crippen molar-refractivity contribution in [3.63, 3.8) is 0 Å². The lowest BCUT2D eigenvalue weighted by Crippen LogP contribution is -2.51. The highest BCUT2D eigenvalue weighted by molar-refractivity contribution is 5.83. The van der Waals surface area contributed by atoms with E-state index in [4.69, 9.17) is 4.74 Å². The number of hydrogen-bond donors (Lipinski definition) is 2. The van der Waals surface area contributed by atoms with Crippen LogP contribution >= 0.6 is 0 Å². The highest BCUT2D eigenvalue weighted by Gasteiger charge is 2.62. The van der Waals surface area contributed by atoms with Crippen LogP contribution in [0.5, 0.6) is 0 Å². The predicted molar refractivity (Wildman–Crippen MR) is 104 cm³/mol. The van der Waals surface area contributed by atoms with E-state index in [2.05, 4.69) is 19.9 Å². The zero-order valence-electron chi connectivity index (χ0n) is 17.3. The Morgan fingerprint density at radius 2 is 1.96 bits per heavy atom. The summed E-state index contributed by atoms with van der Waals surface area (Å²) in [7, 11) is 0. The number of ketones is 1. The van der Waals surface area contributed by atoms with E-state index in [-0.39, 0.29) is 28.7 Å². The van der Waals surface area contributed by atoms with E-state index >= 15 is 0 Å². The third-order valence-corrected chi connectivity index (χ3v) is 8.92. The third kappa shape index (κ3) is 2.88. The van der Waals surface area contributed by atoms with Gasteiger partial charge in [0, 0.05) is 13.3 Å². The molecule has 5 nitrogen and oxygen atoms in total. The van der Waals surface area contributed by atoms with Crippen LogP contribution in [0.1, 0.15) is 65.7 Å². The summed E-state index contributed by atoms with van der Waals surface area (Å²) in [5, 5.41) is 20.1. The standard InChI is InChI=1S/C23H34O5/c1-13(25)28-15-6-8-22(2)14(10-15)4-5-16-17(22)7-9-23(3)18(16)11-19(26)21(23)20(27)12-24/h4,15-19,21,24,26H,5-12H2,1-3H3/t15-,16+,17-,18-,19+,21+,22-,23-/m0/s1. The quantitative estimate of drug-likeness (QED) is 0.572. The minimum atomic E-state index is -0.633. The van der Waals surface area contributed by atoms with Gasteiger partial charge >= 0.3 is 5.97 Å². The Hall–Kier alpha value is -1.20. The Morgan fingerprint density at radius 1 is 1.21 bits per heavy atom.